The number of hydrogen-bond donors (Lipinski definition) is 1. The second kappa shape index (κ2) is 10.3. The molecule has 2 aromatic carbocycles. The van der Waals surface area contributed by atoms with Crippen LogP contribution in [0.4, 0.5) is 15.8 Å². The Morgan fingerprint density at radius 2 is 1.91 bits per heavy atom. The van der Waals surface area contributed by atoms with E-state index in [-0.39, 0.29) is 22.2 Å². The Balaban J connectivity index is 1.67. The van der Waals surface area contributed by atoms with Crippen molar-refractivity contribution in [3.8, 4) is 5.69 Å². The lowest BCUT2D eigenvalue weighted by Gasteiger charge is -2.13. The highest BCUT2D eigenvalue weighted by Gasteiger charge is 2.20. The first kappa shape index (κ1) is 24.6. The van der Waals surface area contributed by atoms with Crippen molar-refractivity contribution in [3.63, 3.8) is 0 Å². The molecule has 3 rings (SSSR count). The zero-order valence-corrected chi connectivity index (χ0v) is 19.2. The third-order valence-electron chi connectivity index (χ3n) is 4.89. The molecule has 34 heavy (non-hydrogen) atoms. The number of esters is 1. The Hall–Kier alpha value is -4.05. The van der Waals surface area contributed by atoms with Crippen molar-refractivity contribution in [2.45, 2.75) is 26.9 Å². The molecule has 0 aliphatic rings. The summed E-state index contributed by atoms with van der Waals surface area (Å²) in [5, 5.41) is 17.8. The lowest BCUT2D eigenvalue weighted by Crippen LogP contribution is -2.29. The summed E-state index contributed by atoms with van der Waals surface area (Å²) in [6.07, 6.45) is 1.48. The van der Waals surface area contributed by atoms with E-state index in [9.17, 15) is 24.1 Å². The number of ether oxygens (including phenoxy) is 1. The number of non-ortho nitro benzene ring substituents is 1. The molecule has 176 valence electrons. The molecule has 1 unspecified atom stereocenters. The maximum Gasteiger partial charge on any atom is 0.331 e. The average molecular weight is 487 g/mol. The maximum absolute atomic E-state index is 13.2. The highest BCUT2D eigenvalue weighted by atomic mass is 35.5. The lowest BCUT2D eigenvalue weighted by molar-refractivity contribution is -0.384. The maximum atomic E-state index is 13.2. The number of benzene rings is 2. The minimum atomic E-state index is -1.20. The molecule has 0 aliphatic carbocycles. The van der Waals surface area contributed by atoms with Crippen LogP contribution in [0.1, 0.15) is 23.9 Å². The number of carbonyl (C=O) groups excluding carboxylic acids is 2. The summed E-state index contributed by atoms with van der Waals surface area (Å²) < 4.78 is 19.9. The first-order valence-electron chi connectivity index (χ1n) is 10.0. The normalized spacial score (nSPS) is 11.9. The van der Waals surface area contributed by atoms with Crippen molar-refractivity contribution in [2.75, 3.05) is 5.32 Å². The third-order valence-corrected chi connectivity index (χ3v) is 5.21. The van der Waals surface area contributed by atoms with Gasteiger partial charge in [0.05, 0.1) is 27.0 Å². The summed E-state index contributed by atoms with van der Waals surface area (Å²) in [7, 11) is 0. The van der Waals surface area contributed by atoms with Gasteiger partial charge in [0.25, 0.3) is 11.6 Å². The van der Waals surface area contributed by atoms with Crippen LogP contribution < -0.4 is 5.32 Å². The van der Waals surface area contributed by atoms with Gasteiger partial charge in [0.2, 0.25) is 0 Å². The zero-order valence-electron chi connectivity index (χ0n) is 18.4. The summed E-state index contributed by atoms with van der Waals surface area (Å²) in [6.45, 7) is 4.92. The third kappa shape index (κ3) is 5.65. The SMILES string of the molecule is Cc1nn(-c2ccc(F)cc2)c(C)c1/C=C/C(=O)OC(C)C(=O)Nc1cc([N+](=O)[O-])ccc1Cl. The van der Waals surface area contributed by atoms with Gasteiger partial charge < -0.3 is 10.1 Å². The molecule has 0 bridgehead atoms. The second-order valence-electron chi connectivity index (χ2n) is 7.30. The number of nitrogens with zero attached hydrogens (tertiary/aromatic N) is 3. The first-order valence-corrected chi connectivity index (χ1v) is 10.4. The van der Waals surface area contributed by atoms with E-state index in [1.165, 1.54) is 37.3 Å². The highest BCUT2D eigenvalue weighted by molar-refractivity contribution is 6.33. The summed E-state index contributed by atoms with van der Waals surface area (Å²) in [4.78, 5) is 34.9. The fourth-order valence-electron chi connectivity index (χ4n) is 3.11. The summed E-state index contributed by atoms with van der Waals surface area (Å²) in [5.41, 5.74) is 2.46. The van der Waals surface area contributed by atoms with Crippen molar-refractivity contribution in [1.82, 2.24) is 9.78 Å². The number of amides is 1. The van der Waals surface area contributed by atoms with Gasteiger partial charge in [-0.25, -0.2) is 13.9 Å². The van der Waals surface area contributed by atoms with Crippen LogP contribution in [0.3, 0.4) is 0 Å². The number of hydrogen-bond acceptors (Lipinski definition) is 6. The fourth-order valence-corrected chi connectivity index (χ4v) is 3.27. The van der Waals surface area contributed by atoms with Gasteiger partial charge in [-0.2, -0.15) is 5.10 Å². The van der Waals surface area contributed by atoms with Gasteiger partial charge in [0.15, 0.2) is 6.10 Å². The number of carbonyl (C=O) groups is 2. The van der Waals surface area contributed by atoms with Crippen molar-refractivity contribution < 1.29 is 23.6 Å². The van der Waals surface area contributed by atoms with Gasteiger partial charge in [0.1, 0.15) is 5.82 Å². The van der Waals surface area contributed by atoms with Gasteiger partial charge in [-0.15, -0.1) is 0 Å². The summed E-state index contributed by atoms with van der Waals surface area (Å²) in [6, 6.07) is 9.42. The Morgan fingerprint density at radius 1 is 1.24 bits per heavy atom. The number of aromatic nitrogens is 2. The Labute approximate surface area is 198 Å². The van der Waals surface area contributed by atoms with Crippen LogP contribution in [-0.4, -0.2) is 32.7 Å². The molecule has 0 aliphatic heterocycles. The number of nitro benzene ring substituents is 1. The molecule has 0 spiro atoms. The van der Waals surface area contributed by atoms with Crippen LogP contribution in [0.2, 0.25) is 5.02 Å². The minimum absolute atomic E-state index is 0.0266. The monoisotopic (exact) mass is 486 g/mol. The predicted molar refractivity (Wildman–Crippen MR) is 124 cm³/mol. The number of halogens is 2. The number of nitro groups is 1. The molecule has 0 saturated carbocycles. The summed E-state index contributed by atoms with van der Waals surface area (Å²) >= 11 is 5.97. The molecule has 0 saturated heterocycles. The molecule has 9 nitrogen and oxygen atoms in total. The van der Waals surface area contributed by atoms with Crippen LogP contribution in [-0.2, 0) is 14.3 Å². The van der Waals surface area contributed by atoms with Gasteiger partial charge in [0, 0.05) is 29.5 Å². The van der Waals surface area contributed by atoms with Gasteiger partial charge in [-0.05, 0) is 57.2 Å². The number of anilines is 1. The molecule has 1 N–H and O–H groups in total. The quantitative estimate of drug-likeness (QED) is 0.222. The van der Waals surface area contributed by atoms with Crippen LogP contribution in [0.5, 0.6) is 0 Å². The van der Waals surface area contributed by atoms with E-state index in [1.54, 1.807) is 30.7 Å². The molecule has 3 aromatic rings. The van der Waals surface area contributed by atoms with Gasteiger partial charge >= 0.3 is 5.97 Å². The van der Waals surface area contributed by atoms with Crippen molar-refractivity contribution >= 4 is 40.9 Å². The topological polar surface area (TPSA) is 116 Å². The Bertz CT molecular complexity index is 1290. The van der Waals surface area contributed by atoms with E-state index >= 15 is 0 Å². The number of aryl methyl sites for hydroxylation is 1. The Morgan fingerprint density at radius 3 is 2.56 bits per heavy atom. The molecule has 0 fully saturated rings. The van der Waals surface area contributed by atoms with E-state index in [0.29, 0.717) is 16.9 Å². The van der Waals surface area contributed by atoms with E-state index < -0.39 is 22.9 Å². The van der Waals surface area contributed by atoms with Crippen molar-refractivity contribution in [2.24, 2.45) is 0 Å². The molecular formula is C23H20ClFN4O5. The fraction of sp³-hybridized carbons (Fsp3) is 0.174. The summed E-state index contributed by atoms with van der Waals surface area (Å²) in [5.74, 6) is -1.85. The largest absolute Gasteiger partial charge is 0.449 e. The number of rotatable bonds is 7. The van der Waals surface area contributed by atoms with Crippen molar-refractivity contribution in [3.05, 3.63) is 86.4 Å². The van der Waals surface area contributed by atoms with Gasteiger partial charge in [-0.1, -0.05) is 11.6 Å². The van der Waals surface area contributed by atoms with Crippen LogP contribution >= 0.6 is 11.6 Å². The van der Waals surface area contributed by atoms with Crippen LogP contribution in [0.15, 0.2) is 48.5 Å². The van der Waals surface area contributed by atoms with Gasteiger partial charge in [-0.3, -0.25) is 14.9 Å². The van der Waals surface area contributed by atoms with Crippen molar-refractivity contribution in [1.29, 1.82) is 0 Å². The first-order chi connectivity index (χ1) is 16.1. The van der Waals surface area contributed by atoms with E-state index in [2.05, 4.69) is 10.4 Å². The molecule has 1 amide bonds. The Kier molecular flexibility index (Phi) is 7.42. The van der Waals surface area contributed by atoms with Crippen LogP contribution in [0, 0.1) is 29.8 Å². The standard InChI is InChI=1S/C23H20ClFN4O5/c1-13-19(14(2)28(27-13)17-6-4-16(25)5-7-17)9-11-22(30)34-15(3)23(31)26-21-12-18(29(32)33)8-10-20(21)24/h4-12,15H,1-3H3,(H,26,31)/b11-9+. The second-order valence-corrected chi connectivity index (χ2v) is 7.70. The van der Waals surface area contributed by atoms with E-state index in [0.717, 1.165) is 17.8 Å². The predicted octanol–water partition coefficient (Wildman–Crippen LogP) is 4.77. The molecule has 1 aromatic heterocycles. The van der Waals surface area contributed by atoms with Crippen LogP contribution in [0.25, 0.3) is 11.8 Å². The lowest BCUT2D eigenvalue weighted by atomic mass is 10.2. The highest BCUT2D eigenvalue weighted by Crippen LogP contribution is 2.27. The average Bonchev–Trinajstić information content (AvgIpc) is 3.07. The number of nitrogens with one attached hydrogen (secondary N) is 1. The molecular weight excluding hydrogens is 467 g/mol. The smallest absolute Gasteiger partial charge is 0.331 e. The van der Waals surface area contributed by atoms with E-state index in [1.807, 2.05) is 0 Å². The molecule has 1 heterocycles. The molecule has 11 heteroatoms. The minimum Gasteiger partial charge on any atom is -0.449 e. The zero-order chi connectivity index (χ0) is 25.0. The molecule has 1 atom stereocenters. The molecule has 0 radical (unpaired) electrons. The van der Waals surface area contributed by atoms with E-state index in [4.69, 9.17) is 16.3 Å².